The summed E-state index contributed by atoms with van der Waals surface area (Å²) < 4.78 is 68.8. The molecule has 0 heterocycles. The molecule has 0 saturated heterocycles. The van der Waals surface area contributed by atoms with E-state index in [1.165, 1.54) is 250 Å². The lowest BCUT2D eigenvalue weighted by Gasteiger charge is -2.21. The van der Waals surface area contributed by atoms with E-state index in [9.17, 15) is 43.2 Å². The predicted octanol–water partition coefficient (Wildman–Crippen LogP) is 25.3. The fraction of sp³-hybridized carbons (Fsp3) is 0.905. The number of carbonyl (C=O) groups is 4. The molecular weight excluding hydrogens is 1340 g/mol. The highest BCUT2D eigenvalue weighted by atomic mass is 31.2. The first-order valence-electron chi connectivity index (χ1n) is 43.1. The zero-order valence-electron chi connectivity index (χ0n) is 66.8. The van der Waals surface area contributed by atoms with Crippen molar-refractivity contribution in [3.8, 4) is 0 Å². The smallest absolute Gasteiger partial charge is 0.462 e. The molecule has 3 N–H and O–H groups in total. The standard InChI is InChI=1S/C84H160O17P2/c1-5-9-13-17-21-25-29-33-36-38-39-40-41-44-47-51-55-59-63-67-71-84(89)101-80(75-95-82(87)69-65-61-57-53-49-45-43-37-34-30-26-22-18-14-10-6-2)77-99-103(92,93)97-73-78(85)72-96-102(90,91)98-76-79(74-94-81(86)68-64-60-56-52-48-32-28-24-20-16-12-8-4)100-83(88)70-66-62-58-54-50-46-42-35-31-27-23-19-15-11-7-3/h27,31,35,42,78-80,85H,5-26,28-30,32-34,36-41,43-77H2,1-4H3,(H,90,91)(H,92,93)/b31-27-,42-35-/t78-,79+,80+/m0/s1. The Kier molecular flexibility index (Phi) is 75.8. The SMILES string of the molecule is CCCCCC/C=C\C=C/CCCCCCCC(=O)O[C@H](COC(=O)CCCCCCCCCCCCCC)COP(=O)(O)OC[C@H](O)COP(=O)(O)OC[C@@H](COC(=O)CCCCCCCCCCCCCCCCCC)OC(=O)CCCCCCCCCCCCCCCCCCCCCC. The van der Waals surface area contributed by atoms with Crippen molar-refractivity contribution in [3.63, 3.8) is 0 Å². The maximum absolute atomic E-state index is 13.1. The summed E-state index contributed by atoms with van der Waals surface area (Å²) in [5.41, 5.74) is 0. The first-order valence-corrected chi connectivity index (χ1v) is 46.1. The molecule has 0 aliphatic rings. The van der Waals surface area contributed by atoms with Crippen LogP contribution in [0.5, 0.6) is 0 Å². The van der Waals surface area contributed by atoms with Gasteiger partial charge >= 0.3 is 39.5 Å². The van der Waals surface area contributed by atoms with Gasteiger partial charge in [-0.15, -0.1) is 0 Å². The van der Waals surface area contributed by atoms with Crippen molar-refractivity contribution in [1.82, 2.24) is 0 Å². The molecule has 608 valence electrons. The van der Waals surface area contributed by atoms with Crippen molar-refractivity contribution in [2.75, 3.05) is 39.6 Å². The van der Waals surface area contributed by atoms with Crippen LogP contribution in [0.4, 0.5) is 0 Å². The van der Waals surface area contributed by atoms with Crippen LogP contribution in [0.25, 0.3) is 0 Å². The molecule has 0 aromatic heterocycles. The number of aliphatic hydroxyl groups is 1. The van der Waals surface area contributed by atoms with Gasteiger partial charge in [0.15, 0.2) is 12.2 Å². The largest absolute Gasteiger partial charge is 0.472 e. The van der Waals surface area contributed by atoms with Gasteiger partial charge in [0.2, 0.25) is 0 Å². The normalized spacial score (nSPS) is 13.9. The van der Waals surface area contributed by atoms with E-state index in [1.54, 1.807) is 0 Å². The molecule has 0 aliphatic heterocycles. The zero-order chi connectivity index (χ0) is 75.3. The summed E-state index contributed by atoms with van der Waals surface area (Å²) in [5.74, 6) is -2.13. The Balaban J connectivity index is 5.28. The van der Waals surface area contributed by atoms with E-state index in [2.05, 4.69) is 52.0 Å². The average molecular weight is 1500 g/mol. The van der Waals surface area contributed by atoms with Crippen molar-refractivity contribution in [3.05, 3.63) is 24.3 Å². The molecule has 0 saturated carbocycles. The Morgan fingerprint density at radius 3 is 0.709 bits per heavy atom. The third-order valence-corrected chi connectivity index (χ3v) is 21.1. The van der Waals surface area contributed by atoms with Crippen LogP contribution in [-0.4, -0.2) is 96.7 Å². The van der Waals surface area contributed by atoms with Gasteiger partial charge in [-0.05, 0) is 51.4 Å². The number of phosphoric acid groups is 2. The van der Waals surface area contributed by atoms with Crippen molar-refractivity contribution in [2.24, 2.45) is 0 Å². The monoisotopic (exact) mass is 1500 g/mol. The molecule has 0 bridgehead atoms. The van der Waals surface area contributed by atoms with Crippen molar-refractivity contribution >= 4 is 39.5 Å². The molecule has 0 aromatic carbocycles. The van der Waals surface area contributed by atoms with Crippen molar-refractivity contribution in [1.29, 1.82) is 0 Å². The number of esters is 4. The first-order chi connectivity index (χ1) is 50.2. The van der Waals surface area contributed by atoms with Gasteiger partial charge in [0.1, 0.15) is 19.3 Å². The summed E-state index contributed by atoms with van der Waals surface area (Å²) in [6, 6.07) is 0. The van der Waals surface area contributed by atoms with Crippen molar-refractivity contribution in [2.45, 2.75) is 451 Å². The third kappa shape index (κ3) is 77.5. The predicted molar refractivity (Wildman–Crippen MR) is 423 cm³/mol. The number of ether oxygens (including phenoxy) is 4. The Bertz CT molecular complexity index is 2040. The lowest BCUT2D eigenvalue weighted by Crippen LogP contribution is -2.30. The van der Waals surface area contributed by atoms with Gasteiger partial charge in [-0.25, -0.2) is 9.13 Å². The molecule has 0 spiro atoms. The third-order valence-electron chi connectivity index (χ3n) is 19.2. The van der Waals surface area contributed by atoms with E-state index in [1.807, 2.05) is 0 Å². The van der Waals surface area contributed by atoms with Gasteiger partial charge in [0.25, 0.3) is 0 Å². The van der Waals surface area contributed by atoms with Gasteiger partial charge in [0, 0.05) is 25.7 Å². The van der Waals surface area contributed by atoms with Crippen LogP contribution >= 0.6 is 15.6 Å². The van der Waals surface area contributed by atoms with Gasteiger partial charge in [0.05, 0.1) is 26.4 Å². The summed E-state index contributed by atoms with van der Waals surface area (Å²) in [4.78, 5) is 73.1. The first kappa shape index (κ1) is 101. The summed E-state index contributed by atoms with van der Waals surface area (Å²) >= 11 is 0. The number of unbranched alkanes of at least 4 members (excludes halogenated alkanes) is 54. The Morgan fingerprint density at radius 1 is 0.272 bits per heavy atom. The second-order valence-corrected chi connectivity index (χ2v) is 32.4. The fourth-order valence-corrected chi connectivity index (χ4v) is 14.2. The van der Waals surface area contributed by atoms with Gasteiger partial charge in [-0.3, -0.25) is 37.3 Å². The van der Waals surface area contributed by atoms with Gasteiger partial charge in [-0.2, -0.15) is 0 Å². The Hall–Kier alpha value is -2.46. The van der Waals surface area contributed by atoms with Crippen LogP contribution in [0.3, 0.4) is 0 Å². The van der Waals surface area contributed by atoms with E-state index in [4.69, 9.17) is 37.0 Å². The minimum atomic E-state index is -4.97. The van der Waals surface area contributed by atoms with Gasteiger partial charge in [-0.1, -0.05) is 379 Å². The Morgan fingerprint density at radius 2 is 0.466 bits per heavy atom. The molecule has 103 heavy (non-hydrogen) atoms. The highest BCUT2D eigenvalue weighted by molar-refractivity contribution is 7.47. The van der Waals surface area contributed by atoms with Crippen LogP contribution in [-0.2, 0) is 65.4 Å². The van der Waals surface area contributed by atoms with E-state index in [0.29, 0.717) is 25.7 Å². The van der Waals surface area contributed by atoms with E-state index in [0.717, 1.165) is 103 Å². The van der Waals surface area contributed by atoms with Crippen LogP contribution in [0, 0.1) is 0 Å². The lowest BCUT2D eigenvalue weighted by molar-refractivity contribution is -0.161. The van der Waals surface area contributed by atoms with Crippen LogP contribution < -0.4 is 0 Å². The number of allylic oxidation sites excluding steroid dienone is 4. The number of aliphatic hydroxyl groups excluding tert-OH is 1. The molecule has 5 atom stereocenters. The maximum atomic E-state index is 13.1. The maximum Gasteiger partial charge on any atom is 0.472 e. The average Bonchev–Trinajstić information content (AvgIpc) is 0.914. The van der Waals surface area contributed by atoms with Gasteiger partial charge < -0.3 is 33.8 Å². The highest BCUT2D eigenvalue weighted by Gasteiger charge is 2.30. The Labute approximate surface area is 631 Å². The molecule has 0 amide bonds. The molecule has 0 aliphatic carbocycles. The number of carbonyl (C=O) groups excluding carboxylic acids is 4. The molecule has 0 fully saturated rings. The molecule has 2 unspecified atom stereocenters. The number of hydrogen-bond acceptors (Lipinski definition) is 15. The lowest BCUT2D eigenvalue weighted by atomic mass is 10.0. The second kappa shape index (κ2) is 77.7. The van der Waals surface area contributed by atoms with E-state index in [-0.39, 0.29) is 25.7 Å². The fourth-order valence-electron chi connectivity index (χ4n) is 12.6. The summed E-state index contributed by atoms with van der Waals surface area (Å²) in [5, 5.41) is 10.7. The molecule has 19 heteroatoms. The number of rotatable bonds is 83. The molecule has 0 aromatic rings. The summed E-state index contributed by atoms with van der Waals surface area (Å²) in [6.07, 6.45) is 74.3. The summed E-state index contributed by atoms with van der Waals surface area (Å²) in [6.45, 7) is 4.98. The highest BCUT2D eigenvalue weighted by Crippen LogP contribution is 2.45. The number of phosphoric ester groups is 2. The summed E-state index contributed by atoms with van der Waals surface area (Å²) in [7, 11) is -9.94. The van der Waals surface area contributed by atoms with Crippen molar-refractivity contribution < 1.29 is 80.2 Å². The quantitative estimate of drug-likeness (QED) is 0.0169. The molecule has 17 nitrogen and oxygen atoms in total. The van der Waals surface area contributed by atoms with Crippen LogP contribution in [0.2, 0.25) is 0 Å². The van der Waals surface area contributed by atoms with E-state index < -0.39 is 97.5 Å². The minimum Gasteiger partial charge on any atom is -0.462 e. The molecule has 0 rings (SSSR count). The molecule has 0 radical (unpaired) electrons. The number of hydrogen-bond donors (Lipinski definition) is 3. The van der Waals surface area contributed by atoms with Crippen LogP contribution in [0.15, 0.2) is 24.3 Å². The van der Waals surface area contributed by atoms with Crippen LogP contribution in [0.1, 0.15) is 432 Å². The molecular formula is C84H160O17P2. The van der Waals surface area contributed by atoms with E-state index >= 15 is 0 Å². The minimum absolute atomic E-state index is 0.0860. The second-order valence-electron chi connectivity index (χ2n) is 29.5. The topological polar surface area (TPSA) is 237 Å². The zero-order valence-corrected chi connectivity index (χ0v) is 68.6.